The zero-order valence-electron chi connectivity index (χ0n) is 20.7. The van der Waals surface area contributed by atoms with Gasteiger partial charge in [0, 0.05) is 23.0 Å². The predicted molar refractivity (Wildman–Crippen MR) is 140 cm³/mol. The zero-order valence-corrected chi connectivity index (χ0v) is 20.7. The molecule has 1 aliphatic rings. The molecule has 4 heteroatoms. The fourth-order valence-electron chi connectivity index (χ4n) is 5.50. The number of hydrogen-bond acceptors (Lipinski definition) is 2. The fourth-order valence-corrected chi connectivity index (χ4v) is 5.50. The standard InChI is InChI=1S/C30H38N2O2/c1-3-4-20-27-29(23-14-13-19-26(21-23)34-25-17-11-8-12-18-25)28(30(31)33)22(2)32(27)24-15-9-6-5-7-10-16-24/h8,11-14,17-19,21,24H,3-7,9-10,15-16,20H2,1-2H3,(H2,31,33). The molecular weight excluding hydrogens is 420 g/mol. The summed E-state index contributed by atoms with van der Waals surface area (Å²) < 4.78 is 8.61. The number of nitrogens with zero attached hydrogens (tertiary/aromatic N) is 1. The Balaban J connectivity index is 1.82. The molecule has 4 nitrogen and oxygen atoms in total. The average Bonchev–Trinajstić information content (AvgIpc) is 3.10. The first kappa shape index (κ1) is 24.1. The highest BCUT2D eigenvalue weighted by molar-refractivity contribution is 6.02. The number of carbonyl (C=O) groups excluding carboxylic acids is 1. The molecule has 1 aliphatic carbocycles. The van der Waals surface area contributed by atoms with Gasteiger partial charge in [0.1, 0.15) is 11.5 Å². The van der Waals surface area contributed by atoms with Gasteiger partial charge >= 0.3 is 0 Å². The third-order valence-corrected chi connectivity index (χ3v) is 7.11. The summed E-state index contributed by atoms with van der Waals surface area (Å²) in [4.78, 5) is 12.8. The molecule has 180 valence electrons. The number of amides is 1. The third-order valence-electron chi connectivity index (χ3n) is 7.11. The van der Waals surface area contributed by atoms with Crippen molar-refractivity contribution in [1.82, 2.24) is 4.57 Å². The van der Waals surface area contributed by atoms with Crippen LogP contribution in [0.1, 0.15) is 92.5 Å². The highest BCUT2D eigenvalue weighted by Crippen LogP contribution is 2.40. The van der Waals surface area contributed by atoms with E-state index < -0.39 is 0 Å². The molecule has 2 N–H and O–H groups in total. The number of primary amides is 1. The molecule has 3 aromatic rings. The quantitative estimate of drug-likeness (QED) is 0.372. The van der Waals surface area contributed by atoms with E-state index in [0.29, 0.717) is 11.6 Å². The molecule has 0 bridgehead atoms. The van der Waals surface area contributed by atoms with Gasteiger partial charge in [-0.1, -0.05) is 75.8 Å². The van der Waals surface area contributed by atoms with Crippen LogP contribution in [0, 0.1) is 6.92 Å². The van der Waals surface area contributed by atoms with E-state index >= 15 is 0 Å². The first-order chi connectivity index (χ1) is 16.6. The third kappa shape index (κ3) is 5.38. The van der Waals surface area contributed by atoms with Crippen molar-refractivity contribution < 1.29 is 9.53 Å². The van der Waals surface area contributed by atoms with Crippen molar-refractivity contribution in [2.75, 3.05) is 0 Å². The second kappa shape index (κ2) is 11.4. The number of ether oxygens (including phenoxy) is 1. The lowest BCUT2D eigenvalue weighted by molar-refractivity contribution is 0.1000. The number of unbranched alkanes of at least 4 members (excludes halogenated alkanes) is 1. The molecule has 1 aromatic heterocycles. The number of benzene rings is 2. The Morgan fingerprint density at radius 3 is 2.32 bits per heavy atom. The molecule has 0 unspecified atom stereocenters. The molecule has 2 aromatic carbocycles. The summed E-state index contributed by atoms with van der Waals surface area (Å²) in [7, 11) is 0. The van der Waals surface area contributed by atoms with Gasteiger partial charge in [-0.15, -0.1) is 0 Å². The van der Waals surface area contributed by atoms with Gasteiger partial charge in [-0.05, 0) is 62.4 Å². The van der Waals surface area contributed by atoms with Crippen LogP contribution in [-0.2, 0) is 6.42 Å². The van der Waals surface area contributed by atoms with Crippen LogP contribution in [0.15, 0.2) is 54.6 Å². The molecule has 0 atom stereocenters. The molecular formula is C30H38N2O2. The van der Waals surface area contributed by atoms with Gasteiger partial charge in [0.2, 0.25) is 0 Å². The SMILES string of the molecule is CCCCc1c(-c2cccc(Oc3ccccc3)c2)c(C(N)=O)c(C)n1C1CCCCCCC1. The maximum Gasteiger partial charge on any atom is 0.251 e. The van der Waals surface area contributed by atoms with Gasteiger partial charge in [-0.3, -0.25) is 4.79 Å². The number of rotatable bonds is 8. The van der Waals surface area contributed by atoms with E-state index in [0.717, 1.165) is 47.6 Å². The largest absolute Gasteiger partial charge is 0.457 e. The molecule has 0 radical (unpaired) electrons. The van der Waals surface area contributed by atoms with Crippen molar-refractivity contribution in [2.24, 2.45) is 5.73 Å². The van der Waals surface area contributed by atoms with Crippen LogP contribution in [0.2, 0.25) is 0 Å². The van der Waals surface area contributed by atoms with Gasteiger partial charge in [0.05, 0.1) is 5.56 Å². The van der Waals surface area contributed by atoms with E-state index in [1.165, 1.54) is 50.6 Å². The molecule has 1 fully saturated rings. The lowest BCUT2D eigenvalue weighted by Gasteiger charge is -2.26. The summed E-state index contributed by atoms with van der Waals surface area (Å²) >= 11 is 0. The Kier molecular flexibility index (Phi) is 8.10. The van der Waals surface area contributed by atoms with Gasteiger partial charge in [-0.2, -0.15) is 0 Å². The van der Waals surface area contributed by atoms with E-state index in [1.54, 1.807) is 0 Å². The minimum Gasteiger partial charge on any atom is -0.457 e. The Hall–Kier alpha value is -3.01. The van der Waals surface area contributed by atoms with E-state index in [9.17, 15) is 4.79 Å². The van der Waals surface area contributed by atoms with E-state index in [4.69, 9.17) is 10.5 Å². The van der Waals surface area contributed by atoms with Crippen LogP contribution in [0.25, 0.3) is 11.1 Å². The van der Waals surface area contributed by atoms with Crippen molar-refractivity contribution >= 4 is 5.91 Å². The molecule has 0 spiro atoms. The smallest absolute Gasteiger partial charge is 0.251 e. The number of carbonyl (C=O) groups is 1. The summed E-state index contributed by atoms with van der Waals surface area (Å²) in [6, 6.07) is 18.3. The highest BCUT2D eigenvalue weighted by Gasteiger charge is 2.28. The van der Waals surface area contributed by atoms with Crippen molar-refractivity contribution in [3.05, 3.63) is 71.5 Å². The lowest BCUT2D eigenvalue weighted by Crippen LogP contribution is -2.17. The van der Waals surface area contributed by atoms with E-state index in [-0.39, 0.29) is 5.91 Å². The summed E-state index contributed by atoms with van der Waals surface area (Å²) in [5.74, 6) is 1.21. The Morgan fingerprint density at radius 1 is 0.971 bits per heavy atom. The normalized spacial score (nSPS) is 15.0. The minimum absolute atomic E-state index is 0.343. The highest BCUT2D eigenvalue weighted by atomic mass is 16.5. The second-order valence-corrected chi connectivity index (χ2v) is 9.56. The summed E-state index contributed by atoms with van der Waals surface area (Å²) in [6.45, 7) is 4.31. The molecule has 1 amide bonds. The van der Waals surface area contributed by atoms with E-state index in [2.05, 4.69) is 24.5 Å². The number of nitrogens with two attached hydrogens (primary N) is 1. The molecule has 0 saturated heterocycles. The van der Waals surface area contributed by atoms with Crippen LogP contribution >= 0.6 is 0 Å². The molecule has 0 aliphatic heterocycles. The predicted octanol–water partition coefficient (Wildman–Crippen LogP) is 7.98. The zero-order chi connectivity index (χ0) is 23.9. The fraction of sp³-hybridized carbons (Fsp3) is 0.433. The van der Waals surface area contributed by atoms with Crippen molar-refractivity contribution in [3.8, 4) is 22.6 Å². The van der Waals surface area contributed by atoms with Crippen LogP contribution in [0.5, 0.6) is 11.5 Å². The van der Waals surface area contributed by atoms with Gasteiger partial charge in [0.25, 0.3) is 5.91 Å². The van der Waals surface area contributed by atoms with Gasteiger partial charge in [0.15, 0.2) is 0 Å². The van der Waals surface area contributed by atoms with Crippen LogP contribution in [0.3, 0.4) is 0 Å². The lowest BCUT2D eigenvalue weighted by atomic mass is 9.95. The minimum atomic E-state index is -0.343. The average molecular weight is 459 g/mol. The topological polar surface area (TPSA) is 57.2 Å². The van der Waals surface area contributed by atoms with Crippen LogP contribution in [0.4, 0.5) is 0 Å². The van der Waals surface area contributed by atoms with Crippen LogP contribution in [-0.4, -0.2) is 10.5 Å². The Labute approximate surface area is 204 Å². The van der Waals surface area contributed by atoms with E-state index in [1.807, 2.05) is 48.5 Å². The van der Waals surface area contributed by atoms with Crippen molar-refractivity contribution in [3.63, 3.8) is 0 Å². The van der Waals surface area contributed by atoms with Gasteiger partial charge in [-0.25, -0.2) is 0 Å². The second-order valence-electron chi connectivity index (χ2n) is 9.56. The van der Waals surface area contributed by atoms with Crippen LogP contribution < -0.4 is 10.5 Å². The number of hydrogen-bond donors (Lipinski definition) is 1. The van der Waals surface area contributed by atoms with Crippen molar-refractivity contribution in [2.45, 2.75) is 84.1 Å². The molecule has 1 heterocycles. The maximum absolute atomic E-state index is 12.8. The monoisotopic (exact) mass is 458 g/mol. The molecule has 4 rings (SSSR count). The Bertz CT molecular complexity index is 1090. The van der Waals surface area contributed by atoms with Crippen molar-refractivity contribution in [1.29, 1.82) is 0 Å². The maximum atomic E-state index is 12.8. The number of aromatic nitrogens is 1. The number of para-hydroxylation sites is 1. The molecule has 1 saturated carbocycles. The molecule has 34 heavy (non-hydrogen) atoms. The summed E-state index contributed by atoms with van der Waals surface area (Å²) in [5, 5.41) is 0. The first-order valence-corrected chi connectivity index (χ1v) is 13.0. The van der Waals surface area contributed by atoms with Gasteiger partial charge < -0.3 is 15.0 Å². The Morgan fingerprint density at radius 2 is 1.65 bits per heavy atom. The summed E-state index contributed by atoms with van der Waals surface area (Å²) in [6.07, 6.45) is 11.9. The first-order valence-electron chi connectivity index (χ1n) is 13.0. The summed E-state index contributed by atoms with van der Waals surface area (Å²) in [5.41, 5.74) is 11.0.